The Morgan fingerprint density at radius 1 is 0.969 bits per heavy atom. The molecule has 6 nitrogen and oxygen atoms in total. The number of carbonyl (C=O) groups is 1. The Hall–Kier alpha value is -3.35. The Balaban J connectivity index is 1.63. The number of benzene rings is 2. The van der Waals surface area contributed by atoms with Crippen LogP contribution in [0.1, 0.15) is 11.1 Å². The summed E-state index contributed by atoms with van der Waals surface area (Å²) in [6, 6.07) is 16.7. The van der Waals surface area contributed by atoms with Gasteiger partial charge in [0.1, 0.15) is 0 Å². The summed E-state index contributed by atoms with van der Waals surface area (Å²) in [5.74, 6) is -1.01. The number of aliphatic imine (C=N–C) groups is 2. The molecule has 0 unspecified atom stereocenters. The van der Waals surface area contributed by atoms with Gasteiger partial charge in [-0.3, -0.25) is 14.9 Å². The summed E-state index contributed by atoms with van der Waals surface area (Å²) in [4.78, 5) is 22.5. The third-order valence-corrected chi connectivity index (χ3v) is 5.83. The van der Waals surface area contributed by atoms with Gasteiger partial charge < -0.3 is 9.84 Å². The van der Waals surface area contributed by atoms with E-state index in [1.807, 2.05) is 18.2 Å². The summed E-state index contributed by atoms with van der Waals surface area (Å²) < 4.78 is 5.47. The summed E-state index contributed by atoms with van der Waals surface area (Å²) in [6.07, 6.45) is 3.55. The van der Waals surface area contributed by atoms with Gasteiger partial charge in [0, 0.05) is 33.7 Å². The summed E-state index contributed by atoms with van der Waals surface area (Å²) >= 11 is 0. The largest absolute Gasteiger partial charge is 0.478 e. The van der Waals surface area contributed by atoms with Crippen molar-refractivity contribution in [2.75, 3.05) is 40.4 Å². The van der Waals surface area contributed by atoms with E-state index in [1.54, 1.807) is 20.2 Å². The number of carboxylic acids is 1. The smallest absolute Gasteiger partial charge is 0.337 e. The fraction of sp³-hybridized carbons (Fsp3) is 0.269. The second-order valence-electron chi connectivity index (χ2n) is 7.77. The molecule has 164 valence electrons. The van der Waals surface area contributed by atoms with E-state index in [4.69, 9.17) is 4.74 Å². The van der Waals surface area contributed by atoms with Gasteiger partial charge in [-0.25, -0.2) is 4.79 Å². The molecule has 4 rings (SSSR count). The van der Waals surface area contributed by atoms with E-state index < -0.39 is 5.97 Å². The second-order valence-corrected chi connectivity index (χ2v) is 7.77. The van der Waals surface area contributed by atoms with Crippen LogP contribution in [-0.4, -0.2) is 67.8 Å². The summed E-state index contributed by atoms with van der Waals surface area (Å²) in [7, 11) is 3.23. The molecule has 0 radical (unpaired) electrons. The average molecular weight is 430 g/mol. The van der Waals surface area contributed by atoms with Gasteiger partial charge >= 0.3 is 5.97 Å². The van der Waals surface area contributed by atoms with Gasteiger partial charge in [0.25, 0.3) is 0 Å². The number of allylic oxidation sites excluding steroid dienone is 3. The van der Waals surface area contributed by atoms with Gasteiger partial charge in [-0.2, -0.15) is 0 Å². The van der Waals surface area contributed by atoms with E-state index in [9.17, 15) is 9.90 Å². The van der Waals surface area contributed by atoms with E-state index >= 15 is 0 Å². The molecule has 1 N–H and O–H groups in total. The predicted molar refractivity (Wildman–Crippen MR) is 128 cm³/mol. The standard InChI is InChI=1S/C26H27N3O3/c1-27-24-16-21(15-23(26(30)31)25(24)28-2)18-7-9-19(10-8-18)22-6-4-3-5-20(22)17-29-11-13-32-14-12-29/h3-10,15-16H,11-14,17H2,1-2H3,(H,30,31). The SMILES string of the molecule is CN=C1C=C(c2ccc(-c3ccccc3CN3CCOCC3)cc2)C=C(C(=O)O)C1=NC. The van der Waals surface area contributed by atoms with E-state index in [1.165, 1.54) is 11.1 Å². The fourth-order valence-electron chi connectivity index (χ4n) is 4.14. The molecule has 0 saturated carbocycles. The zero-order valence-corrected chi connectivity index (χ0v) is 18.4. The quantitative estimate of drug-likeness (QED) is 0.735. The lowest BCUT2D eigenvalue weighted by Crippen LogP contribution is -2.35. The molecule has 0 spiro atoms. The number of ether oxygens (including phenoxy) is 1. The molecule has 0 bridgehead atoms. The van der Waals surface area contributed by atoms with Crippen molar-refractivity contribution in [2.24, 2.45) is 9.98 Å². The number of rotatable bonds is 5. The Morgan fingerprint density at radius 2 is 1.66 bits per heavy atom. The molecule has 2 aromatic carbocycles. The molecule has 2 aromatic rings. The molecule has 1 heterocycles. The first-order valence-electron chi connectivity index (χ1n) is 10.7. The van der Waals surface area contributed by atoms with Crippen molar-refractivity contribution in [1.29, 1.82) is 0 Å². The van der Waals surface area contributed by atoms with Crippen LogP contribution in [0.3, 0.4) is 0 Å². The molecule has 0 aromatic heterocycles. The van der Waals surface area contributed by atoms with Crippen molar-refractivity contribution in [1.82, 2.24) is 4.90 Å². The third kappa shape index (κ3) is 4.61. The minimum absolute atomic E-state index is 0.158. The van der Waals surface area contributed by atoms with Gasteiger partial charge in [0.05, 0.1) is 30.2 Å². The lowest BCUT2D eigenvalue weighted by atomic mass is 9.90. The lowest BCUT2D eigenvalue weighted by molar-refractivity contribution is -0.132. The number of nitrogens with zero attached hydrogens (tertiary/aromatic N) is 3. The van der Waals surface area contributed by atoms with Crippen LogP contribution >= 0.6 is 0 Å². The van der Waals surface area contributed by atoms with E-state index in [0.29, 0.717) is 11.4 Å². The molecule has 32 heavy (non-hydrogen) atoms. The molecular formula is C26H27N3O3. The van der Waals surface area contributed by atoms with Crippen molar-refractivity contribution in [2.45, 2.75) is 6.54 Å². The molecule has 1 aliphatic heterocycles. The van der Waals surface area contributed by atoms with E-state index in [-0.39, 0.29) is 5.57 Å². The highest BCUT2D eigenvalue weighted by Crippen LogP contribution is 2.29. The van der Waals surface area contributed by atoms with Crippen LogP contribution in [0, 0.1) is 0 Å². The lowest BCUT2D eigenvalue weighted by Gasteiger charge is -2.27. The maximum atomic E-state index is 11.8. The first-order valence-corrected chi connectivity index (χ1v) is 10.7. The summed E-state index contributed by atoms with van der Waals surface area (Å²) in [5.41, 5.74) is 6.51. The Bertz CT molecular complexity index is 1120. The van der Waals surface area contributed by atoms with Crippen LogP contribution in [0.15, 0.2) is 76.2 Å². The maximum absolute atomic E-state index is 11.8. The van der Waals surface area contributed by atoms with Gasteiger partial charge in [-0.05, 0) is 40.0 Å². The topological polar surface area (TPSA) is 74.5 Å². The highest BCUT2D eigenvalue weighted by molar-refractivity contribution is 6.58. The number of carboxylic acid groups (broad SMARTS) is 1. The Kier molecular flexibility index (Phi) is 6.73. The van der Waals surface area contributed by atoms with Crippen LogP contribution in [0.2, 0.25) is 0 Å². The van der Waals surface area contributed by atoms with Crippen molar-refractivity contribution < 1.29 is 14.6 Å². The van der Waals surface area contributed by atoms with Gasteiger partial charge in [0.15, 0.2) is 0 Å². The Labute approximate surface area is 188 Å². The minimum Gasteiger partial charge on any atom is -0.478 e. The predicted octanol–water partition coefficient (Wildman–Crippen LogP) is 3.74. The first kappa shape index (κ1) is 21.9. The molecule has 0 amide bonds. The van der Waals surface area contributed by atoms with Crippen LogP contribution in [0.4, 0.5) is 0 Å². The number of hydrogen-bond acceptors (Lipinski definition) is 5. The molecule has 1 saturated heterocycles. The zero-order valence-electron chi connectivity index (χ0n) is 18.4. The maximum Gasteiger partial charge on any atom is 0.337 e. The van der Waals surface area contributed by atoms with E-state index in [2.05, 4.69) is 51.3 Å². The zero-order chi connectivity index (χ0) is 22.5. The number of morpholine rings is 1. The molecule has 2 aliphatic rings. The van der Waals surface area contributed by atoms with Gasteiger partial charge in [0.2, 0.25) is 0 Å². The number of hydrogen-bond donors (Lipinski definition) is 1. The molecule has 6 heteroatoms. The fourth-order valence-corrected chi connectivity index (χ4v) is 4.14. The summed E-state index contributed by atoms with van der Waals surface area (Å²) in [6.45, 7) is 4.36. The van der Waals surface area contributed by atoms with Crippen LogP contribution < -0.4 is 0 Å². The summed E-state index contributed by atoms with van der Waals surface area (Å²) in [5, 5.41) is 9.63. The Morgan fingerprint density at radius 3 is 2.31 bits per heavy atom. The van der Waals surface area contributed by atoms with Crippen LogP contribution in [-0.2, 0) is 16.1 Å². The molecular weight excluding hydrogens is 402 g/mol. The molecule has 0 atom stereocenters. The van der Waals surface area contributed by atoms with Gasteiger partial charge in [-0.15, -0.1) is 0 Å². The van der Waals surface area contributed by atoms with Crippen molar-refractivity contribution in [3.63, 3.8) is 0 Å². The molecule has 1 aliphatic carbocycles. The monoisotopic (exact) mass is 429 g/mol. The normalized spacial score (nSPS) is 19.7. The highest BCUT2D eigenvalue weighted by Gasteiger charge is 2.23. The van der Waals surface area contributed by atoms with Crippen LogP contribution in [0.25, 0.3) is 16.7 Å². The first-order chi connectivity index (χ1) is 15.6. The second kappa shape index (κ2) is 9.85. The van der Waals surface area contributed by atoms with Crippen molar-refractivity contribution in [3.05, 3.63) is 77.4 Å². The van der Waals surface area contributed by atoms with Crippen molar-refractivity contribution in [3.8, 4) is 11.1 Å². The minimum atomic E-state index is -1.01. The van der Waals surface area contributed by atoms with Crippen molar-refractivity contribution >= 4 is 23.0 Å². The average Bonchev–Trinajstić information content (AvgIpc) is 2.84. The molecule has 1 fully saturated rings. The third-order valence-electron chi connectivity index (χ3n) is 5.83. The van der Waals surface area contributed by atoms with Gasteiger partial charge in [-0.1, -0.05) is 48.5 Å². The van der Waals surface area contributed by atoms with Crippen LogP contribution in [0.5, 0.6) is 0 Å². The highest BCUT2D eigenvalue weighted by atomic mass is 16.5. The number of aliphatic carboxylic acids is 1. The van der Waals surface area contributed by atoms with E-state index in [0.717, 1.165) is 49.5 Å².